The minimum absolute atomic E-state index is 0.0975. The molecule has 0 aliphatic rings. The van der Waals surface area contributed by atoms with Gasteiger partial charge in [0, 0.05) is 12.3 Å². The van der Waals surface area contributed by atoms with Crippen LogP contribution in [0.2, 0.25) is 0 Å². The van der Waals surface area contributed by atoms with E-state index in [0.29, 0.717) is 5.56 Å². The van der Waals surface area contributed by atoms with Crippen LogP contribution in [0.5, 0.6) is 0 Å². The van der Waals surface area contributed by atoms with Gasteiger partial charge in [0.1, 0.15) is 5.82 Å². The monoisotopic (exact) mass is 295 g/mol. The third kappa shape index (κ3) is 2.83. The minimum Gasteiger partial charge on any atom is -0.258 e. The highest BCUT2D eigenvalue weighted by atomic mass is 32.2. The zero-order valence-corrected chi connectivity index (χ0v) is 11.2. The Morgan fingerprint density at radius 1 is 1.10 bits per heavy atom. The molecule has 0 unspecified atom stereocenters. The maximum Gasteiger partial charge on any atom is 0.277 e. The number of nitrogens with zero attached hydrogens (tertiary/aromatic N) is 1. The Labute approximate surface area is 114 Å². The van der Waals surface area contributed by atoms with Gasteiger partial charge in [-0.05, 0) is 29.8 Å². The Morgan fingerprint density at radius 3 is 2.20 bits per heavy atom. The standard InChI is InChI=1S/C13H10FNO4S/c1-20(18,19)11-5-2-9(3-6-11)12-8-10(14)4-7-13(12)15(16)17/h2-8H,1H3. The molecule has 0 radical (unpaired) electrons. The number of sulfone groups is 1. The summed E-state index contributed by atoms with van der Waals surface area (Å²) in [6, 6.07) is 8.63. The van der Waals surface area contributed by atoms with Gasteiger partial charge in [-0.1, -0.05) is 12.1 Å². The summed E-state index contributed by atoms with van der Waals surface area (Å²) in [6.07, 6.45) is 1.06. The normalized spacial score (nSPS) is 11.3. The second-order valence-electron chi connectivity index (χ2n) is 4.22. The zero-order chi connectivity index (χ0) is 14.9. The quantitative estimate of drug-likeness (QED) is 0.644. The summed E-state index contributed by atoms with van der Waals surface area (Å²) >= 11 is 0. The second-order valence-corrected chi connectivity index (χ2v) is 6.23. The molecule has 0 N–H and O–H groups in total. The zero-order valence-electron chi connectivity index (χ0n) is 10.4. The van der Waals surface area contributed by atoms with Crippen molar-refractivity contribution in [3.8, 4) is 11.1 Å². The van der Waals surface area contributed by atoms with Gasteiger partial charge in [-0.15, -0.1) is 0 Å². The third-order valence-corrected chi connectivity index (χ3v) is 3.88. The number of hydrogen-bond acceptors (Lipinski definition) is 4. The molecule has 0 amide bonds. The van der Waals surface area contributed by atoms with Gasteiger partial charge in [0.2, 0.25) is 0 Å². The van der Waals surface area contributed by atoms with Gasteiger partial charge in [0.05, 0.1) is 15.4 Å². The molecule has 20 heavy (non-hydrogen) atoms. The van der Waals surface area contributed by atoms with Crippen LogP contribution in [0.15, 0.2) is 47.4 Å². The van der Waals surface area contributed by atoms with Gasteiger partial charge in [-0.25, -0.2) is 12.8 Å². The minimum atomic E-state index is -3.34. The number of rotatable bonds is 3. The smallest absolute Gasteiger partial charge is 0.258 e. The van der Waals surface area contributed by atoms with Crippen LogP contribution in [0.25, 0.3) is 11.1 Å². The first kappa shape index (κ1) is 14.1. The summed E-state index contributed by atoms with van der Waals surface area (Å²) in [7, 11) is -3.34. The van der Waals surface area contributed by atoms with Crippen LogP contribution in [0.4, 0.5) is 10.1 Å². The molecule has 2 aromatic carbocycles. The lowest BCUT2D eigenvalue weighted by atomic mass is 10.0. The van der Waals surface area contributed by atoms with Gasteiger partial charge in [0.25, 0.3) is 5.69 Å². The number of nitro groups is 1. The predicted molar refractivity (Wildman–Crippen MR) is 71.6 cm³/mol. The van der Waals surface area contributed by atoms with Crippen molar-refractivity contribution in [2.75, 3.05) is 6.26 Å². The van der Waals surface area contributed by atoms with Crippen LogP contribution in [-0.4, -0.2) is 19.6 Å². The Morgan fingerprint density at radius 2 is 1.70 bits per heavy atom. The topological polar surface area (TPSA) is 77.3 Å². The Balaban J connectivity index is 2.57. The van der Waals surface area contributed by atoms with Crippen molar-refractivity contribution in [1.29, 1.82) is 0 Å². The predicted octanol–water partition coefficient (Wildman–Crippen LogP) is 2.80. The van der Waals surface area contributed by atoms with Crippen molar-refractivity contribution in [3.63, 3.8) is 0 Å². The van der Waals surface area contributed by atoms with Crippen LogP contribution in [0, 0.1) is 15.9 Å². The van der Waals surface area contributed by atoms with Gasteiger partial charge < -0.3 is 0 Å². The Bertz CT molecular complexity index is 769. The highest BCUT2D eigenvalue weighted by Gasteiger charge is 2.16. The second kappa shape index (κ2) is 5.01. The van der Waals surface area contributed by atoms with E-state index in [9.17, 15) is 22.9 Å². The molecule has 0 bridgehead atoms. The van der Waals surface area contributed by atoms with Crippen LogP contribution in [0.1, 0.15) is 0 Å². The average Bonchev–Trinajstić information content (AvgIpc) is 2.37. The van der Waals surface area contributed by atoms with Crippen molar-refractivity contribution in [2.24, 2.45) is 0 Å². The molecule has 7 heteroatoms. The lowest BCUT2D eigenvalue weighted by molar-refractivity contribution is -0.384. The SMILES string of the molecule is CS(=O)(=O)c1ccc(-c2cc(F)ccc2[N+](=O)[O-])cc1. The van der Waals surface area contributed by atoms with Gasteiger partial charge >= 0.3 is 0 Å². The summed E-state index contributed by atoms with van der Waals surface area (Å²) in [6.45, 7) is 0. The number of nitro benzene ring substituents is 1. The molecule has 0 atom stereocenters. The lowest BCUT2D eigenvalue weighted by Gasteiger charge is -2.05. The molecule has 2 aromatic rings. The fraction of sp³-hybridized carbons (Fsp3) is 0.0769. The first-order valence-electron chi connectivity index (χ1n) is 5.53. The molecule has 0 aromatic heterocycles. The number of hydrogen-bond donors (Lipinski definition) is 0. The molecule has 5 nitrogen and oxygen atoms in total. The number of halogens is 1. The Kier molecular flexibility index (Phi) is 3.54. The van der Waals surface area contributed by atoms with Crippen molar-refractivity contribution >= 4 is 15.5 Å². The van der Waals surface area contributed by atoms with E-state index >= 15 is 0 Å². The molecule has 0 fully saturated rings. The van der Waals surface area contributed by atoms with Crippen LogP contribution in [-0.2, 0) is 9.84 Å². The molecule has 0 spiro atoms. The van der Waals surface area contributed by atoms with E-state index < -0.39 is 20.6 Å². The number of benzene rings is 2. The fourth-order valence-electron chi connectivity index (χ4n) is 1.78. The largest absolute Gasteiger partial charge is 0.277 e. The summed E-state index contributed by atoms with van der Waals surface area (Å²) < 4.78 is 35.9. The Hall–Kier alpha value is -2.28. The molecule has 0 aliphatic carbocycles. The lowest BCUT2D eigenvalue weighted by Crippen LogP contribution is -1.97. The van der Waals surface area contributed by atoms with Crippen LogP contribution < -0.4 is 0 Å². The van der Waals surface area contributed by atoms with Crippen molar-refractivity contribution in [3.05, 3.63) is 58.4 Å². The van der Waals surface area contributed by atoms with E-state index in [-0.39, 0.29) is 16.1 Å². The summed E-state index contributed by atoms with van der Waals surface area (Å²) in [5.74, 6) is -0.599. The first-order chi connectivity index (χ1) is 9.29. The fourth-order valence-corrected chi connectivity index (χ4v) is 2.41. The van der Waals surface area contributed by atoms with Crippen molar-refractivity contribution in [2.45, 2.75) is 4.90 Å². The molecule has 104 valence electrons. The van der Waals surface area contributed by atoms with Crippen molar-refractivity contribution < 1.29 is 17.7 Å². The van der Waals surface area contributed by atoms with Crippen LogP contribution >= 0.6 is 0 Å². The maximum atomic E-state index is 13.2. The van der Waals surface area contributed by atoms with Gasteiger partial charge in [-0.2, -0.15) is 0 Å². The molecular formula is C13H10FNO4S. The van der Waals surface area contributed by atoms with Gasteiger partial charge in [-0.3, -0.25) is 10.1 Å². The van der Waals surface area contributed by atoms with E-state index in [1.54, 1.807) is 0 Å². The van der Waals surface area contributed by atoms with Crippen molar-refractivity contribution in [1.82, 2.24) is 0 Å². The molecular weight excluding hydrogens is 285 g/mol. The molecule has 2 rings (SSSR count). The van der Waals surface area contributed by atoms with Crippen LogP contribution in [0.3, 0.4) is 0 Å². The van der Waals surface area contributed by atoms with E-state index in [0.717, 1.165) is 24.5 Å². The molecule has 0 saturated heterocycles. The summed E-state index contributed by atoms with van der Waals surface area (Å²) in [5.41, 5.74) is 0.247. The average molecular weight is 295 g/mol. The van der Waals surface area contributed by atoms with E-state index in [1.807, 2.05) is 0 Å². The highest BCUT2D eigenvalue weighted by molar-refractivity contribution is 7.90. The van der Waals surface area contributed by atoms with E-state index in [1.165, 1.54) is 24.3 Å². The molecule has 0 aliphatic heterocycles. The van der Waals surface area contributed by atoms with E-state index in [4.69, 9.17) is 0 Å². The third-order valence-electron chi connectivity index (χ3n) is 2.75. The first-order valence-corrected chi connectivity index (χ1v) is 7.42. The maximum absolute atomic E-state index is 13.2. The van der Waals surface area contributed by atoms with Gasteiger partial charge in [0.15, 0.2) is 9.84 Å². The molecule has 0 heterocycles. The van der Waals surface area contributed by atoms with E-state index in [2.05, 4.69) is 0 Å². The highest BCUT2D eigenvalue weighted by Crippen LogP contribution is 2.31. The summed E-state index contributed by atoms with van der Waals surface area (Å²) in [5, 5.41) is 10.9. The molecule has 0 saturated carbocycles. The summed E-state index contributed by atoms with van der Waals surface area (Å²) in [4.78, 5) is 10.4.